The molecule has 2 aliphatic heterocycles. The van der Waals surface area contributed by atoms with Crippen LogP contribution in [-0.4, -0.2) is 42.7 Å². The number of rotatable bonds is 5. The molecule has 0 bridgehead atoms. The maximum absolute atomic E-state index is 5.96. The first-order valence-corrected chi connectivity index (χ1v) is 9.28. The second-order valence-corrected chi connectivity index (χ2v) is 7.20. The zero-order valence-corrected chi connectivity index (χ0v) is 14.0. The van der Waals surface area contributed by atoms with Crippen molar-refractivity contribution in [1.82, 2.24) is 10.6 Å². The summed E-state index contributed by atoms with van der Waals surface area (Å²) in [5.41, 5.74) is 1.30. The van der Waals surface area contributed by atoms with E-state index in [0.717, 1.165) is 37.8 Å². The standard InChI is InChI=1S/C17H25N3OS/c1-2-18-17(20-12-15-7-5-9-22-15)19-11-14-10-13-6-3-4-8-16(13)21-14/h3-4,6,8,14-15H,2,5,7,9-12H2,1H3,(H2,18,19,20). The third kappa shape index (κ3) is 4.09. The van der Waals surface area contributed by atoms with Gasteiger partial charge in [-0.15, -0.1) is 0 Å². The van der Waals surface area contributed by atoms with Crippen molar-refractivity contribution in [3.8, 4) is 5.75 Å². The molecular formula is C17H25N3OS. The predicted octanol–water partition coefficient (Wildman–Crippen LogP) is 2.44. The molecule has 1 aromatic carbocycles. The van der Waals surface area contributed by atoms with E-state index in [4.69, 9.17) is 9.73 Å². The maximum atomic E-state index is 5.96. The Kier molecular flexibility index (Phi) is 5.48. The lowest BCUT2D eigenvalue weighted by molar-refractivity contribution is 0.235. The molecule has 0 spiro atoms. The van der Waals surface area contributed by atoms with Gasteiger partial charge in [-0.1, -0.05) is 18.2 Å². The summed E-state index contributed by atoms with van der Waals surface area (Å²) < 4.78 is 5.96. The fourth-order valence-electron chi connectivity index (χ4n) is 2.90. The molecule has 2 N–H and O–H groups in total. The van der Waals surface area contributed by atoms with Gasteiger partial charge in [0.25, 0.3) is 0 Å². The lowest BCUT2D eigenvalue weighted by atomic mass is 10.1. The highest BCUT2D eigenvalue weighted by molar-refractivity contribution is 8.00. The van der Waals surface area contributed by atoms with Gasteiger partial charge >= 0.3 is 0 Å². The number of ether oxygens (including phenoxy) is 1. The van der Waals surface area contributed by atoms with Crippen LogP contribution in [0, 0.1) is 0 Å². The Morgan fingerprint density at radius 3 is 3.05 bits per heavy atom. The first-order valence-electron chi connectivity index (χ1n) is 8.23. The van der Waals surface area contributed by atoms with Crippen molar-refractivity contribution in [1.29, 1.82) is 0 Å². The van der Waals surface area contributed by atoms with Crippen LogP contribution < -0.4 is 15.4 Å². The topological polar surface area (TPSA) is 45.7 Å². The van der Waals surface area contributed by atoms with Gasteiger partial charge < -0.3 is 15.4 Å². The summed E-state index contributed by atoms with van der Waals surface area (Å²) in [7, 11) is 0. The van der Waals surface area contributed by atoms with E-state index in [1.54, 1.807) is 0 Å². The average Bonchev–Trinajstić information content (AvgIpc) is 3.18. The number of fused-ring (bicyclic) bond motifs is 1. The van der Waals surface area contributed by atoms with Crippen LogP contribution in [0.1, 0.15) is 25.3 Å². The lowest BCUT2D eigenvalue weighted by Crippen LogP contribution is -2.42. The van der Waals surface area contributed by atoms with Crippen molar-refractivity contribution in [2.24, 2.45) is 4.99 Å². The molecule has 0 amide bonds. The molecule has 1 fully saturated rings. The zero-order chi connectivity index (χ0) is 15.2. The van der Waals surface area contributed by atoms with Crippen LogP contribution in [0.5, 0.6) is 5.75 Å². The molecule has 0 saturated carbocycles. The molecular weight excluding hydrogens is 294 g/mol. The van der Waals surface area contributed by atoms with Crippen LogP contribution in [-0.2, 0) is 6.42 Å². The number of nitrogens with one attached hydrogen (secondary N) is 2. The molecule has 120 valence electrons. The summed E-state index contributed by atoms with van der Waals surface area (Å²) in [6.07, 6.45) is 3.81. The first kappa shape index (κ1) is 15.5. The molecule has 2 unspecified atom stereocenters. The van der Waals surface area contributed by atoms with Crippen molar-refractivity contribution in [3.63, 3.8) is 0 Å². The SMILES string of the molecule is CCNC(=NCC1CCCS1)NCC1Cc2ccccc2O1. The molecule has 0 radical (unpaired) electrons. The summed E-state index contributed by atoms with van der Waals surface area (Å²) in [5, 5.41) is 7.45. The third-order valence-corrected chi connectivity index (χ3v) is 5.41. The normalized spacial score (nSPS) is 24.0. The van der Waals surface area contributed by atoms with Gasteiger partial charge in [-0.05, 0) is 37.1 Å². The van der Waals surface area contributed by atoms with Crippen LogP contribution in [0.4, 0.5) is 0 Å². The molecule has 0 aliphatic carbocycles. The van der Waals surface area contributed by atoms with Gasteiger partial charge in [0.05, 0.1) is 13.1 Å². The minimum atomic E-state index is 0.196. The summed E-state index contributed by atoms with van der Waals surface area (Å²) in [5.74, 6) is 3.23. The Morgan fingerprint density at radius 1 is 1.36 bits per heavy atom. The monoisotopic (exact) mass is 319 g/mol. The highest BCUT2D eigenvalue weighted by atomic mass is 32.2. The summed E-state index contributed by atoms with van der Waals surface area (Å²) in [6.45, 7) is 4.68. The Balaban J connectivity index is 1.48. The van der Waals surface area contributed by atoms with Crippen LogP contribution in [0.25, 0.3) is 0 Å². The summed E-state index contributed by atoms with van der Waals surface area (Å²) in [4.78, 5) is 4.72. The van der Waals surface area contributed by atoms with Crippen LogP contribution in [0.3, 0.4) is 0 Å². The highest BCUT2D eigenvalue weighted by Gasteiger charge is 2.22. The molecule has 5 heteroatoms. The van der Waals surface area contributed by atoms with Crippen molar-refractivity contribution in [2.75, 3.05) is 25.4 Å². The van der Waals surface area contributed by atoms with E-state index >= 15 is 0 Å². The number of hydrogen-bond acceptors (Lipinski definition) is 3. The molecule has 0 aromatic heterocycles. The van der Waals surface area contributed by atoms with Gasteiger partial charge in [-0.2, -0.15) is 11.8 Å². The zero-order valence-electron chi connectivity index (χ0n) is 13.2. The van der Waals surface area contributed by atoms with Gasteiger partial charge in [0.1, 0.15) is 11.9 Å². The van der Waals surface area contributed by atoms with E-state index in [2.05, 4.69) is 41.5 Å². The van der Waals surface area contributed by atoms with Crippen molar-refractivity contribution in [3.05, 3.63) is 29.8 Å². The Hall–Kier alpha value is -1.36. The summed E-state index contributed by atoms with van der Waals surface area (Å²) >= 11 is 2.05. The molecule has 1 aromatic rings. The van der Waals surface area contributed by atoms with Crippen molar-refractivity contribution in [2.45, 2.75) is 37.5 Å². The smallest absolute Gasteiger partial charge is 0.191 e. The van der Waals surface area contributed by atoms with Gasteiger partial charge in [0, 0.05) is 18.2 Å². The Labute approximate surface area is 137 Å². The Morgan fingerprint density at radius 2 is 2.27 bits per heavy atom. The van der Waals surface area contributed by atoms with E-state index in [1.165, 1.54) is 24.2 Å². The minimum Gasteiger partial charge on any atom is -0.488 e. The number of nitrogens with zero attached hydrogens (tertiary/aromatic N) is 1. The second kappa shape index (κ2) is 7.77. The maximum Gasteiger partial charge on any atom is 0.191 e. The fraction of sp³-hybridized carbons (Fsp3) is 0.588. The summed E-state index contributed by atoms with van der Waals surface area (Å²) in [6, 6.07) is 8.29. The number of aliphatic imine (C=N–C) groups is 1. The van der Waals surface area contributed by atoms with Crippen LogP contribution >= 0.6 is 11.8 Å². The van der Waals surface area contributed by atoms with E-state index in [9.17, 15) is 0 Å². The fourth-order valence-corrected chi connectivity index (χ4v) is 4.08. The largest absolute Gasteiger partial charge is 0.488 e. The Bertz CT molecular complexity index is 489. The van der Waals surface area contributed by atoms with Crippen LogP contribution in [0.2, 0.25) is 0 Å². The molecule has 4 nitrogen and oxygen atoms in total. The first-order chi connectivity index (χ1) is 10.8. The van der Waals surface area contributed by atoms with E-state index in [0.29, 0.717) is 5.25 Å². The minimum absolute atomic E-state index is 0.196. The van der Waals surface area contributed by atoms with Gasteiger partial charge in [0.15, 0.2) is 5.96 Å². The number of para-hydroxylation sites is 1. The molecule has 22 heavy (non-hydrogen) atoms. The number of hydrogen-bond donors (Lipinski definition) is 2. The highest BCUT2D eigenvalue weighted by Crippen LogP contribution is 2.28. The van der Waals surface area contributed by atoms with Gasteiger partial charge in [-0.25, -0.2) is 0 Å². The molecule has 1 saturated heterocycles. The van der Waals surface area contributed by atoms with Crippen molar-refractivity contribution >= 4 is 17.7 Å². The quantitative estimate of drug-likeness (QED) is 0.646. The predicted molar refractivity (Wildman–Crippen MR) is 94.0 cm³/mol. The lowest BCUT2D eigenvalue weighted by Gasteiger charge is -2.16. The van der Waals surface area contributed by atoms with Crippen molar-refractivity contribution < 1.29 is 4.74 Å². The molecule has 3 rings (SSSR count). The van der Waals surface area contributed by atoms with Gasteiger partial charge in [0.2, 0.25) is 0 Å². The number of thioether (sulfide) groups is 1. The van der Waals surface area contributed by atoms with E-state index in [-0.39, 0.29) is 6.10 Å². The molecule has 2 atom stereocenters. The van der Waals surface area contributed by atoms with Crippen LogP contribution in [0.15, 0.2) is 29.3 Å². The molecule has 2 heterocycles. The second-order valence-electron chi connectivity index (χ2n) is 5.79. The number of benzene rings is 1. The average molecular weight is 319 g/mol. The third-order valence-electron chi connectivity index (χ3n) is 4.03. The van der Waals surface area contributed by atoms with E-state index < -0.39 is 0 Å². The van der Waals surface area contributed by atoms with E-state index in [1.807, 2.05) is 12.1 Å². The van der Waals surface area contributed by atoms with Gasteiger partial charge in [-0.3, -0.25) is 4.99 Å². The number of guanidine groups is 1. The molecule has 2 aliphatic rings.